The SMILES string of the molecule is CCCOc1ccc(C(N)=S)cc1-c1nc2c(c(C)nn2CC)c(=O)[nH]1. The first kappa shape index (κ1) is 18.1. The monoisotopic (exact) mass is 371 g/mol. The van der Waals surface area contributed by atoms with Crippen LogP contribution in [0.5, 0.6) is 5.75 Å². The molecule has 2 aromatic heterocycles. The van der Waals surface area contributed by atoms with Crippen LogP contribution < -0.4 is 16.0 Å². The Hall–Kier alpha value is -2.74. The molecule has 0 aliphatic heterocycles. The summed E-state index contributed by atoms with van der Waals surface area (Å²) in [6.45, 7) is 6.95. The van der Waals surface area contributed by atoms with Gasteiger partial charge in [0, 0.05) is 12.1 Å². The van der Waals surface area contributed by atoms with Crippen LogP contribution >= 0.6 is 12.2 Å². The van der Waals surface area contributed by atoms with Gasteiger partial charge in [0.2, 0.25) is 0 Å². The summed E-state index contributed by atoms with van der Waals surface area (Å²) in [6.07, 6.45) is 0.862. The molecule has 0 bridgehead atoms. The van der Waals surface area contributed by atoms with Crippen molar-refractivity contribution in [3.05, 3.63) is 39.8 Å². The molecule has 2 heterocycles. The van der Waals surface area contributed by atoms with E-state index in [0.717, 1.165) is 6.42 Å². The highest BCUT2D eigenvalue weighted by Crippen LogP contribution is 2.29. The van der Waals surface area contributed by atoms with Crippen LogP contribution in [0.25, 0.3) is 22.4 Å². The van der Waals surface area contributed by atoms with Crippen LogP contribution in [-0.2, 0) is 6.54 Å². The lowest BCUT2D eigenvalue weighted by molar-refractivity contribution is 0.318. The number of rotatable bonds is 6. The summed E-state index contributed by atoms with van der Waals surface area (Å²) in [4.78, 5) is 20.4. The second-order valence-electron chi connectivity index (χ2n) is 5.94. The number of nitrogens with two attached hydrogens (primary N) is 1. The normalized spacial score (nSPS) is 11.0. The van der Waals surface area contributed by atoms with Crippen molar-refractivity contribution < 1.29 is 4.74 Å². The maximum atomic E-state index is 12.6. The molecule has 3 rings (SSSR count). The second-order valence-corrected chi connectivity index (χ2v) is 6.38. The number of nitrogens with one attached hydrogen (secondary N) is 1. The fourth-order valence-corrected chi connectivity index (χ4v) is 2.93. The average molecular weight is 371 g/mol. The van der Waals surface area contributed by atoms with Crippen LogP contribution in [0.2, 0.25) is 0 Å². The van der Waals surface area contributed by atoms with E-state index in [1.807, 2.05) is 13.8 Å². The van der Waals surface area contributed by atoms with Gasteiger partial charge >= 0.3 is 0 Å². The molecule has 0 atom stereocenters. The standard InChI is InChI=1S/C18H21N5O2S/c1-4-8-25-13-7-6-11(15(19)26)9-12(13)16-20-17-14(18(24)21-16)10(3)22-23(17)5-2/h6-7,9H,4-5,8H2,1-3H3,(H2,19,26)(H,20,21,24). The fraction of sp³-hybridized carbons (Fsp3) is 0.333. The molecule has 0 fully saturated rings. The van der Waals surface area contributed by atoms with Crippen LogP contribution in [-0.4, -0.2) is 31.3 Å². The molecule has 3 N–H and O–H groups in total. The van der Waals surface area contributed by atoms with E-state index < -0.39 is 0 Å². The molecule has 0 radical (unpaired) electrons. The number of nitrogens with zero attached hydrogens (tertiary/aromatic N) is 3. The molecule has 0 aliphatic carbocycles. The maximum absolute atomic E-state index is 12.6. The molecule has 136 valence electrons. The van der Waals surface area contributed by atoms with E-state index in [-0.39, 0.29) is 10.5 Å². The third-order valence-electron chi connectivity index (χ3n) is 4.06. The predicted molar refractivity (Wildman–Crippen MR) is 106 cm³/mol. The Morgan fingerprint density at radius 1 is 1.38 bits per heavy atom. The Morgan fingerprint density at radius 3 is 2.81 bits per heavy atom. The molecule has 8 heteroatoms. The van der Waals surface area contributed by atoms with Gasteiger partial charge in [-0.05, 0) is 38.5 Å². The molecule has 3 aromatic rings. The number of aryl methyl sites for hydroxylation is 2. The van der Waals surface area contributed by atoms with Gasteiger partial charge in [-0.15, -0.1) is 0 Å². The third-order valence-corrected chi connectivity index (χ3v) is 4.29. The Balaban J connectivity index is 2.26. The van der Waals surface area contributed by atoms with Gasteiger partial charge in [0.25, 0.3) is 5.56 Å². The number of aromatic nitrogens is 4. The number of hydrogen-bond donors (Lipinski definition) is 2. The van der Waals surface area contributed by atoms with E-state index in [2.05, 4.69) is 15.1 Å². The molecule has 0 unspecified atom stereocenters. The molecule has 0 spiro atoms. The van der Waals surface area contributed by atoms with Crippen LogP contribution in [0.1, 0.15) is 31.5 Å². The van der Waals surface area contributed by atoms with Gasteiger partial charge in [0.05, 0.1) is 17.9 Å². The summed E-state index contributed by atoms with van der Waals surface area (Å²) in [6, 6.07) is 5.39. The van der Waals surface area contributed by atoms with Crippen molar-refractivity contribution in [2.24, 2.45) is 5.73 Å². The summed E-state index contributed by atoms with van der Waals surface area (Å²) in [5, 5.41) is 4.88. The molecule has 1 aromatic carbocycles. The zero-order valence-electron chi connectivity index (χ0n) is 15.0. The largest absolute Gasteiger partial charge is 0.493 e. The number of H-pyrrole nitrogens is 1. The minimum Gasteiger partial charge on any atom is -0.493 e. The molecule has 26 heavy (non-hydrogen) atoms. The van der Waals surface area contributed by atoms with E-state index in [1.54, 1.807) is 29.8 Å². The fourth-order valence-electron chi connectivity index (χ4n) is 2.81. The number of thiocarbonyl (C=S) groups is 1. The summed E-state index contributed by atoms with van der Waals surface area (Å²) in [5.74, 6) is 1.02. The van der Waals surface area contributed by atoms with Gasteiger partial charge in [-0.2, -0.15) is 5.10 Å². The van der Waals surface area contributed by atoms with Gasteiger partial charge in [0.15, 0.2) is 5.65 Å². The topological polar surface area (TPSA) is 98.8 Å². The minimum absolute atomic E-state index is 0.232. The number of benzene rings is 1. The molecule has 0 saturated carbocycles. The first-order chi connectivity index (χ1) is 12.5. The molecule has 0 amide bonds. The van der Waals surface area contributed by atoms with Crippen molar-refractivity contribution in [1.29, 1.82) is 0 Å². The summed E-state index contributed by atoms with van der Waals surface area (Å²) < 4.78 is 7.54. The number of hydrogen-bond acceptors (Lipinski definition) is 5. The van der Waals surface area contributed by atoms with E-state index in [1.165, 1.54) is 0 Å². The average Bonchev–Trinajstić information content (AvgIpc) is 2.96. The molecule has 0 aliphatic rings. The van der Waals surface area contributed by atoms with Crippen molar-refractivity contribution in [1.82, 2.24) is 19.7 Å². The highest BCUT2D eigenvalue weighted by Gasteiger charge is 2.17. The lowest BCUT2D eigenvalue weighted by Gasteiger charge is -2.12. The lowest BCUT2D eigenvalue weighted by Crippen LogP contribution is -2.13. The smallest absolute Gasteiger partial charge is 0.262 e. The molecule has 0 saturated heterocycles. The Kier molecular flexibility index (Phi) is 5.03. The predicted octanol–water partition coefficient (Wildman–Crippen LogP) is 2.54. The number of aromatic amines is 1. The first-order valence-corrected chi connectivity index (χ1v) is 8.91. The van der Waals surface area contributed by atoms with E-state index in [4.69, 9.17) is 22.7 Å². The molecular formula is C18H21N5O2S. The number of ether oxygens (including phenoxy) is 1. The summed E-state index contributed by atoms with van der Waals surface area (Å²) in [7, 11) is 0. The zero-order valence-corrected chi connectivity index (χ0v) is 15.8. The van der Waals surface area contributed by atoms with E-state index in [0.29, 0.717) is 52.6 Å². The van der Waals surface area contributed by atoms with Crippen molar-refractivity contribution in [2.75, 3.05) is 6.61 Å². The Bertz CT molecular complexity index is 1040. The van der Waals surface area contributed by atoms with Gasteiger partial charge in [-0.1, -0.05) is 19.1 Å². The number of fused-ring (bicyclic) bond motifs is 1. The van der Waals surface area contributed by atoms with Crippen LogP contribution in [0.4, 0.5) is 0 Å². The van der Waals surface area contributed by atoms with Crippen LogP contribution in [0.3, 0.4) is 0 Å². The lowest BCUT2D eigenvalue weighted by atomic mass is 10.1. The Labute approximate surface area is 156 Å². The van der Waals surface area contributed by atoms with Gasteiger partial charge in [-0.25, -0.2) is 9.67 Å². The van der Waals surface area contributed by atoms with Crippen molar-refractivity contribution in [3.8, 4) is 17.1 Å². The summed E-state index contributed by atoms with van der Waals surface area (Å²) >= 11 is 5.08. The molecule has 7 nitrogen and oxygen atoms in total. The van der Waals surface area contributed by atoms with Gasteiger partial charge in [-0.3, -0.25) is 4.79 Å². The second kappa shape index (κ2) is 7.25. The molecular weight excluding hydrogens is 350 g/mol. The van der Waals surface area contributed by atoms with E-state index >= 15 is 0 Å². The van der Waals surface area contributed by atoms with Gasteiger partial charge < -0.3 is 15.5 Å². The summed E-state index contributed by atoms with van der Waals surface area (Å²) in [5.41, 5.74) is 8.06. The van der Waals surface area contributed by atoms with Crippen molar-refractivity contribution >= 4 is 28.2 Å². The van der Waals surface area contributed by atoms with Gasteiger partial charge in [0.1, 0.15) is 21.9 Å². The van der Waals surface area contributed by atoms with Crippen molar-refractivity contribution in [3.63, 3.8) is 0 Å². The zero-order chi connectivity index (χ0) is 18.8. The van der Waals surface area contributed by atoms with E-state index in [9.17, 15) is 4.79 Å². The highest BCUT2D eigenvalue weighted by atomic mass is 32.1. The minimum atomic E-state index is -0.232. The first-order valence-electron chi connectivity index (χ1n) is 8.50. The van der Waals surface area contributed by atoms with Crippen molar-refractivity contribution in [2.45, 2.75) is 33.7 Å². The van der Waals surface area contributed by atoms with Crippen LogP contribution in [0, 0.1) is 6.92 Å². The third kappa shape index (κ3) is 3.20. The van der Waals surface area contributed by atoms with Crippen LogP contribution in [0.15, 0.2) is 23.0 Å². The maximum Gasteiger partial charge on any atom is 0.262 e. The quantitative estimate of drug-likeness (QED) is 0.646. The Morgan fingerprint density at radius 2 is 2.15 bits per heavy atom. The highest BCUT2D eigenvalue weighted by molar-refractivity contribution is 7.80.